The molecule has 0 aliphatic carbocycles. The second-order valence-corrected chi connectivity index (χ2v) is 4.05. The van der Waals surface area contributed by atoms with E-state index in [0.717, 1.165) is 18.8 Å². The van der Waals surface area contributed by atoms with Gasteiger partial charge in [0.25, 0.3) is 0 Å². The Balaban J connectivity index is 2.21. The summed E-state index contributed by atoms with van der Waals surface area (Å²) in [6.45, 7) is 3.43. The van der Waals surface area contributed by atoms with Crippen LogP contribution in [0.1, 0.15) is 19.2 Å². The molecule has 15 heavy (non-hydrogen) atoms. The number of aryl methyl sites for hydroxylation is 1. The van der Waals surface area contributed by atoms with E-state index >= 15 is 0 Å². The van der Waals surface area contributed by atoms with Crippen molar-refractivity contribution in [3.05, 3.63) is 33.4 Å². The molecule has 0 saturated carbocycles. The summed E-state index contributed by atoms with van der Waals surface area (Å²) in [6, 6.07) is 0. The molecule has 0 fully saturated rings. The SMILES string of the molecule is CCCn1ncnc1Cn1ccsc1=O. The number of rotatable bonds is 4. The molecule has 80 valence electrons. The van der Waals surface area contributed by atoms with E-state index in [2.05, 4.69) is 17.0 Å². The highest BCUT2D eigenvalue weighted by Crippen LogP contribution is 1.99. The van der Waals surface area contributed by atoms with E-state index in [1.54, 1.807) is 16.1 Å². The van der Waals surface area contributed by atoms with Gasteiger partial charge in [0, 0.05) is 18.1 Å². The number of nitrogens with zero attached hydrogens (tertiary/aromatic N) is 4. The molecular formula is C9H12N4OS. The molecule has 2 aromatic heterocycles. The molecule has 0 radical (unpaired) electrons. The lowest BCUT2D eigenvalue weighted by molar-refractivity contribution is 0.552. The molecule has 5 nitrogen and oxygen atoms in total. The van der Waals surface area contributed by atoms with E-state index in [0.29, 0.717) is 6.54 Å². The Kier molecular flexibility index (Phi) is 2.96. The van der Waals surface area contributed by atoms with Crippen LogP contribution in [0.5, 0.6) is 0 Å². The van der Waals surface area contributed by atoms with E-state index in [1.165, 1.54) is 17.7 Å². The lowest BCUT2D eigenvalue weighted by Crippen LogP contribution is -2.16. The second kappa shape index (κ2) is 4.39. The maximum Gasteiger partial charge on any atom is 0.307 e. The Bertz CT molecular complexity index is 484. The van der Waals surface area contributed by atoms with Gasteiger partial charge in [-0.1, -0.05) is 18.3 Å². The lowest BCUT2D eigenvalue weighted by atomic mass is 10.4. The molecule has 0 saturated heterocycles. The van der Waals surface area contributed by atoms with Crippen molar-refractivity contribution in [3.8, 4) is 0 Å². The van der Waals surface area contributed by atoms with Gasteiger partial charge in [0.15, 0.2) is 0 Å². The van der Waals surface area contributed by atoms with Gasteiger partial charge >= 0.3 is 4.87 Å². The van der Waals surface area contributed by atoms with E-state index in [-0.39, 0.29) is 4.87 Å². The first kappa shape index (κ1) is 10.1. The van der Waals surface area contributed by atoms with Gasteiger partial charge in [-0.3, -0.25) is 9.36 Å². The summed E-state index contributed by atoms with van der Waals surface area (Å²) in [6.07, 6.45) is 4.31. The van der Waals surface area contributed by atoms with Crippen molar-refractivity contribution in [1.29, 1.82) is 0 Å². The minimum atomic E-state index is 0.0426. The van der Waals surface area contributed by atoms with Crippen molar-refractivity contribution in [2.75, 3.05) is 0 Å². The zero-order chi connectivity index (χ0) is 10.7. The van der Waals surface area contributed by atoms with Crippen LogP contribution in [-0.2, 0) is 13.1 Å². The molecule has 0 unspecified atom stereocenters. The molecule has 0 amide bonds. The molecule has 6 heteroatoms. The van der Waals surface area contributed by atoms with Crippen LogP contribution in [0.15, 0.2) is 22.7 Å². The first-order valence-electron chi connectivity index (χ1n) is 4.82. The Morgan fingerprint density at radius 3 is 3.07 bits per heavy atom. The topological polar surface area (TPSA) is 52.7 Å². The summed E-state index contributed by atoms with van der Waals surface area (Å²) in [5.41, 5.74) is 0. The van der Waals surface area contributed by atoms with E-state index < -0.39 is 0 Å². The van der Waals surface area contributed by atoms with Gasteiger partial charge in [0.05, 0.1) is 6.54 Å². The molecule has 0 spiro atoms. The average molecular weight is 224 g/mol. The molecular weight excluding hydrogens is 212 g/mol. The largest absolute Gasteiger partial charge is 0.307 e. The molecule has 0 aromatic carbocycles. The summed E-state index contributed by atoms with van der Waals surface area (Å²) in [4.78, 5) is 15.5. The number of aromatic nitrogens is 4. The summed E-state index contributed by atoms with van der Waals surface area (Å²) in [5, 5.41) is 5.89. The summed E-state index contributed by atoms with van der Waals surface area (Å²) in [5.74, 6) is 0.831. The fourth-order valence-corrected chi connectivity index (χ4v) is 1.95. The van der Waals surface area contributed by atoms with E-state index in [9.17, 15) is 4.79 Å². The third kappa shape index (κ3) is 2.15. The third-order valence-electron chi connectivity index (χ3n) is 2.09. The molecule has 0 N–H and O–H groups in total. The zero-order valence-corrected chi connectivity index (χ0v) is 9.28. The predicted molar refractivity (Wildman–Crippen MR) is 58.0 cm³/mol. The van der Waals surface area contributed by atoms with Crippen LogP contribution in [0.4, 0.5) is 0 Å². The fraction of sp³-hybridized carbons (Fsp3) is 0.444. The first-order chi connectivity index (χ1) is 7.31. The van der Waals surface area contributed by atoms with Gasteiger partial charge in [0.2, 0.25) is 0 Å². The lowest BCUT2D eigenvalue weighted by Gasteiger charge is -2.03. The Morgan fingerprint density at radius 1 is 1.53 bits per heavy atom. The van der Waals surface area contributed by atoms with Crippen LogP contribution < -0.4 is 4.87 Å². The summed E-state index contributed by atoms with van der Waals surface area (Å²) >= 11 is 1.20. The highest BCUT2D eigenvalue weighted by molar-refractivity contribution is 7.07. The zero-order valence-electron chi connectivity index (χ0n) is 8.46. The minimum absolute atomic E-state index is 0.0426. The van der Waals surface area contributed by atoms with Crippen LogP contribution >= 0.6 is 11.3 Å². The van der Waals surface area contributed by atoms with E-state index in [4.69, 9.17) is 0 Å². The van der Waals surface area contributed by atoms with Gasteiger partial charge in [-0.05, 0) is 6.42 Å². The normalized spacial score (nSPS) is 10.7. The maximum atomic E-state index is 11.3. The maximum absolute atomic E-state index is 11.3. The van der Waals surface area contributed by atoms with E-state index in [1.807, 2.05) is 4.68 Å². The van der Waals surface area contributed by atoms with Crippen LogP contribution in [0.2, 0.25) is 0 Å². The van der Waals surface area contributed by atoms with Gasteiger partial charge in [-0.25, -0.2) is 9.67 Å². The highest BCUT2D eigenvalue weighted by Gasteiger charge is 2.05. The Morgan fingerprint density at radius 2 is 2.40 bits per heavy atom. The fourth-order valence-electron chi connectivity index (χ4n) is 1.37. The first-order valence-corrected chi connectivity index (χ1v) is 5.70. The monoisotopic (exact) mass is 224 g/mol. The molecule has 2 heterocycles. The van der Waals surface area contributed by atoms with Gasteiger partial charge in [0.1, 0.15) is 12.2 Å². The van der Waals surface area contributed by atoms with Crippen LogP contribution in [-0.4, -0.2) is 19.3 Å². The van der Waals surface area contributed by atoms with Crippen molar-refractivity contribution in [1.82, 2.24) is 19.3 Å². The van der Waals surface area contributed by atoms with Crippen LogP contribution in [0.25, 0.3) is 0 Å². The van der Waals surface area contributed by atoms with Crippen molar-refractivity contribution < 1.29 is 0 Å². The van der Waals surface area contributed by atoms with Crippen molar-refractivity contribution >= 4 is 11.3 Å². The molecule has 2 aromatic rings. The average Bonchev–Trinajstić information content (AvgIpc) is 2.80. The molecule has 0 aliphatic heterocycles. The summed E-state index contributed by atoms with van der Waals surface area (Å²) < 4.78 is 3.48. The smallest absolute Gasteiger partial charge is 0.298 e. The molecule has 0 atom stereocenters. The van der Waals surface area contributed by atoms with Crippen LogP contribution in [0, 0.1) is 0 Å². The Hall–Kier alpha value is -1.43. The van der Waals surface area contributed by atoms with Crippen molar-refractivity contribution in [2.24, 2.45) is 0 Å². The Labute approximate surface area is 91.0 Å². The third-order valence-corrected chi connectivity index (χ3v) is 2.78. The quantitative estimate of drug-likeness (QED) is 0.777. The van der Waals surface area contributed by atoms with Crippen LogP contribution in [0.3, 0.4) is 0 Å². The van der Waals surface area contributed by atoms with Crippen molar-refractivity contribution in [2.45, 2.75) is 26.4 Å². The molecule has 0 bridgehead atoms. The minimum Gasteiger partial charge on any atom is -0.298 e. The number of hydrogen-bond donors (Lipinski definition) is 0. The summed E-state index contributed by atoms with van der Waals surface area (Å²) in [7, 11) is 0. The number of hydrogen-bond acceptors (Lipinski definition) is 4. The highest BCUT2D eigenvalue weighted by atomic mass is 32.1. The van der Waals surface area contributed by atoms with Gasteiger partial charge < -0.3 is 0 Å². The number of thiazole rings is 1. The standard InChI is InChI=1S/C9H12N4OS/c1-2-3-13-8(10-7-11-13)6-12-4-5-15-9(12)14/h4-5,7H,2-3,6H2,1H3. The van der Waals surface area contributed by atoms with Gasteiger partial charge in [-0.15, -0.1) is 0 Å². The van der Waals surface area contributed by atoms with Gasteiger partial charge in [-0.2, -0.15) is 5.10 Å². The predicted octanol–water partition coefficient (Wildman–Crippen LogP) is 0.960. The second-order valence-electron chi connectivity index (χ2n) is 3.20. The van der Waals surface area contributed by atoms with Crippen molar-refractivity contribution in [3.63, 3.8) is 0 Å². The molecule has 0 aliphatic rings. The molecule has 2 rings (SSSR count).